The average Bonchev–Trinajstić information content (AvgIpc) is 2.51. The van der Waals surface area contributed by atoms with Crippen molar-refractivity contribution in [1.29, 1.82) is 0 Å². The molecule has 3 nitrogen and oxygen atoms in total. The van der Waals surface area contributed by atoms with Crippen LogP contribution in [0.15, 0.2) is 47.4 Å². The van der Waals surface area contributed by atoms with Gasteiger partial charge in [0.05, 0.1) is 0 Å². The van der Waals surface area contributed by atoms with Crippen LogP contribution in [0.1, 0.15) is 52.4 Å². The molecule has 0 saturated carbocycles. The maximum Gasteiger partial charge on any atom is 0.295 e. The third kappa shape index (κ3) is 6.16. The lowest BCUT2D eigenvalue weighted by Gasteiger charge is -2.02. The summed E-state index contributed by atoms with van der Waals surface area (Å²) in [7, 11) is -4.13. The van der Waals surface area contributed by atoms with Crippen molar-refractivity contribution in [2.24, 2.45) is 0 Å². The highest BCUT2D eigenvalue weighted by Gasteiger charge is 2.12. The van der Waals surface area contributed by atoms with Gasteiger partial charge >= 0.3 is 0 Å². The van der Waals surface area contributed by atoms with Gasteiger partial charge in [0.1, 0.15) is 4.90 Å². The van der Waals surface area contributed by atoms with Gasteiger partial charge in [0.15, 0.2) is 0 Å². The molecular weight excluding hydrogens is 296 g/mol. The van der Waals surface area contributed by atoms with Gasteiger partial charge in [-0.05, 0) is 11.5 Å². The molecule has 0 amide bonds. The molecule has 0 heterocycles. The molecule has 1 N–H and O–H groups in total. The molecule has 22 heavy (non-hydrogen) atoms. The Kier molecular flexibility index (Phi) is 8.13. The van der Waals surface area contributed by atoms with E-state index in [9.17, 15) is 8.42 Å². The zero-order valence-electron chi connectivity index (χ0n) is 13.5. The first kappa shape index (κ1) is 18.7. The normalized spacial score (nSPS) is 11.0. The van der Waals surface area contributed by atoms with Gasteiger partial charge in [-0.3, -0.25) is 4.55 Å². The predicted octanol–water partition coefficient (Wildman–Crippen LogP) is 5.45. The summed E-state index contributed by atoms with van der Waals surface area (Å²) in [6, 6.07) is 11.8. The summed E-state index contributed by atoms with van der Waals surface area (Å²) in [5, 5.41) is 1.33. The quantitative estimate of drug-likeness (QED) is 0.568. The van der Waals surface area contributed by atoms with Gasteiger partial charge in [0, 0.05) is 5.39 Å². The van der Waals surface area contributed by atoms with E-state index in [1.54, 1.807) is 30.3 Å². The molecular formula is C18H26O3S. The number of unbranched alkanes of at least 4 members (excludes halogenated alkanes) is 5. The van der Waals surface area contributed by atoms with E-state index < -0.39 is 10.1 Å². The van der Waals surface area contributed by atoms with E-state index in [0.717, 1.165) is 5.39 Å². The molecule has 0 unspecified atom stereocenters. The summed E-state index contributed by atoms with van der Waals surface area (Å²) >= 11 is 0. The van der Waals surface area contributed by atoms with Gasteiger partial charge in [0.2, 0.25) is 0 Å². The van der Waals surface area contributed by atoms with E-state index in [1.807, 2.05) is 6.07 Å². The van der Waals surface area contributed by atoms with Crippen molar-refractivity contribution < 1.29 is 13.0 Å². The van der Waals surface area contributed by atoms with Crippen LogP contribution < -0.4 is 0 Å². The first-order chi connectivity index (χ1) is 10.5. The number of benzene rings is 2. The summed E-state index contributed by atoms with van der Waals surface area (Å²) in [6.07, 6.45) is 8.49. The summed E-state index contributed by atoms with van der Waals surface area (Å²) in [5.74, 6) is 0. The first-order valence-electron chi connectivity index (χ1n) is 7.96. The highest BCUT2D eigenvalue weighted by molar-refractivity contribution is 7.86. The fraction of sp³-hybridized carbons (Fsp3) is 0.444. The van der Waals surface area contributed by atoms with E-state index in [2.05, 4.69) is 13.8 Å². The lowest BCUT2D eigenvalue weighted by molar-refractivity contribution is 0.484. The Hall–Kier alpha value is -1.39. The van der Waals surface area contributed by atoms with Crippen molar-refractivity contribution in [2.75, 3.05) is 0 Å². The summed E-state index contributed by atoms with van der Waals surface area (Å²) in [6.45, 7) is 4.51. The molecule has 0 radical (unpaired) electrons. The Bertz CT molecular complexity index is 652. The molecule has 0 aromatic heterocycles. The summed E-state index contributed by atoms with van der Waals surface area (Å²) in [5.41, 5.74) is 0. The molecule has 122 valence electrons. The lowest BCUT2D eigenvalue weighted by atomic mass is 10.1. The van der Waals surface area contributed by atoms with Crippen LogP contribution >= 0.6 is 0 Å². The van der Waals surface area contributed by atoms with Crippen molar-refractivity contribution in [3.8, 4) is 0 Å². The largest absolute Gasteiger partial charge is 0.295 e. The SMILES string of the molecule is CCCCCCCC.O=S(=O)(O)c1cccc2ccccc12. The number of hydrogen-bond acceptors (Lipinski definition) is 2. The molecule has 4 heteroatoms. The van der Waals surface area contributed by atoms with Crippen LogP contribution in [-0.2, 0) is 10.1 Å². The summed E-state index contributed by atoms with van der Waals surface area (Å²) in [4.78, 5) is -0.0457. The maximum atomic E-state index is 11.0. The van der Waals surface area contributed by atoms with Crippen molar-refractivity contribution >= 4 is 20.9 Å². The fourth-order valence-electron chi connectivity index (χ4n) is 2.27. The molecule has 0 atom stereocenters. The second-order valence-corrected chi connectivity index (χ2v) is 6.76. The van der Waals surface area contributed by atoms with Crippen LogP contribution in [0.4, 0.5) is 0 Å². The molecule has 2 aromatic carbocycles. The fourth-order valence-corrected chi connectivity index (χ4v) is 2.99. The highest BCUT2D eigenvalue weighted by atomic mass is 32.2. The lowest BCUT2D eigenvalue weighted by Crippen LogP contribution is -1.98. The molecule has 0 bridgehead atoms. The van der Waals surface area contributed by atoms with Crippen LogP contribution in [0.3, 0.4) is 0 Å². The monoisotopic (exact) mass is 322 g/mol. The second-order valence-electron chi connectivity index (χ2n) is 5.37. The van der Waals surface area contributed by atoms with Gasteiger partial charge in [-0.25, -0.2) is 0 Å². The molecule has 0 saturated heterocycles. The zero-order valence-corrected chi connectivity index (χ0v) is 14.3. The van der Waals surface area contributed by atoms with E-state index >= 15 is 0 Å². The van der Waals surface area contributed by atoms with Gasteiger partial charge in [0.25, 0.3) is 10.1 Å². The van der Waals surface area contributed by atoms with Crippen molar-refractivity contribution in [2.45, 2.75) is 57.3 Å². The second kappa shape index (κ2) is 9.59. The van der Waals surface area contributed by atoms with Crippen molar-refractivity contribution in [1.82, 2.24) is 0 Å². The van der Waals surface area contributed by atoms with Crippen LogP contribution in [0.5, 0.6) is 0 Å². The third-order valence-electron chi connectivity index (χ3n) is 3.48. The third-order valence-corrected chi connectivity index (χ3v) is 4.40. The Labute approximate surface area is 134 Å². The minimum Gasteiger partial charge on any atom is -0.282 e. The van der Waals surface area contributed by atoms with E-state index in [-0.39, 0.29) is 4.90 Å². The summed E-state index contributed by atoms with van der Waals surface area (Å²) < 4.78 is 31.0. The van der Waals surface area contributed by atoms with Crippen LogP contribution in [-0.4, -0.2) is 13.0 Å². The minimum absolute atomic E-state index is 0.0457. The highest BCUT2D eigenvalue weighted by Crippen LogP contribution is 2.22. The number of hydrogen-bond donors (Lipinski definition) is 1. The van der Waals surface area contributed by atoms with Gasteiger partial charge < -0.3 is 0 Å². The molecule has 0 fully saturated rings. The van der Waals surface area contributed by atoms with E-state index in [4.69, 9.17) is 4.55 Å². The average molecular weight is 322 g/mol. The Morgan fingerprint density at radius 1 is 0.818 bits per heavy atom. The Balaban J connectivity index is 0.000000261. The Morgan fingerprint density at radius 3 is 1.91 bits per heavy atom. The molecule has 0 aliphatic rings. The molecule has 0 aliphatic heterocycles. The van der Waals surface area contributed by atoms with Gasteiger partial charge in [-0.1, -0.05) is 88.8 Å². The molecule has 2 rings (SSSR count). The van der Waals surface area contributed by atoms with Gasteiger partial charge in [-0.15, -0.1) is 0 Å². The topological polar surface area (TPSA) is 54.4 Å². The van der Waals surface area contributed by atoms with Crippen molar-refractivity contribution in [3.05, 3.63) is 42.5 Å². The predicted molar refractivity (Wildman–Crippen MR) is 92.8 cm³/mol. The van der Waals surface area contributed by atoms with Crippen LogP contribution in [0.2, 0.25) is 0 Å². The minimum atomic E-state index is -4.13. The maximum absolute atomic E-state index is 11.0. The van der Waals surface area contributed by atoms with Crippen LogP contribution in [0, 0.1) is 0 Å². The van der Waals surface area contributed by atoms with Crippen molar-refractivity contribution in [3.63, 3.8) is 0 Å². The van der Waals surface area contributed by atoms with Gasteiger partial charge in [-0.2, -0.15) is 8.42 Å². The Morgan fingerprint density at radius 2 is 1.36 bits per heavy atom. The number of rotatable bonds is 6. The van der Waals surface area contributed by atoms with E-state index in [1.165, 1.54) is 44.6 Å². The molecule has 0 aliphatic carbocycles. The van der Waals surface area contributed by atoms with Crippen LogP contribution in [0.25, 0.3) is 10.8 Å². The smallest absolute Gasteiger partial charge is 0.282 e. The molecule has 0 spiro atoms. The number of fused-ring (bicyclic) bond motifs is 1. The standard InChI is InChI=1S/C10H8O3S.C8H18/c11-14(12,13)10-7-3-5-8-4-1-2-6-9(8)10;1-3-5-7-8-6-4-2/h1-7H,(H,11,12,13);3-8H2,1-2H3. The zero-order chi connectivity index (χ0) is 16.4. The van der Waals surface area contributed by atoms with E-state index in [0.29, 0.717) is 5.39 Å². The molecule has 2 aromatic rings. The first-order valence-corrected chi connectivity index (χ1v) is 9.40.